The van der Waals surface area contributed by atoms with E-state index in [-0.39, 0.29) is 11.5 Å². The third-order valence-electron chi connectivity index (χ3n) is 6.34. The van der Waals surface area contributed by atoms with Crippen LogP contribution in [0.4, 0.5) is 5.69 Å². The van der Waals surface area contributed by atoms with Crippen LogP contribution in [0.1, 0.15) is 56.4 Å². The Labute approximate surface area is 143 Å². The van der Waals surface area contributed by atoms with E-state index in [2.05, 4.69) is 24.3 Å². The third kappa shape index (κ3) is 2.86. The maximum Gasteiger partial charge on any atom is 0.233 e. The lowest BCUT2D eigenvalue weighted by Gasteiger charge is -2.31. The van der Waals surface area contributed by atoms with Crippen molar-refractivity contribution in [2.75, 3.05) is 24.7 Å². The van der Waals surface area contributed by atoms with E-state index in [4.69, 9.17) is 4.74 Å². The molecule has 2 saturated heterocycles. The number of aliphatic hydroxyl groups is 1. The van der Waals surface area contributed by atoms with Gasteiger partial charge >= 0.3 is 0 Å². The van der Waals surface area contributed by atoms with Gasteiger partial charge in [0.1, 0.15) is 0 Å². The molecule has 3 fully saturated rings. The highest BCUT2D eigenvalue weighted by Crippen LogP contribution is 2.43. The molecule has 3 aliphatic rings. The molecule has 0 unspecified atom stereocenters. The summed E-state index contributed by atoms with van der Waals surface area (Å²) in [6, 6.07) is 8.58. The van der Waals surface area contributed by atoms with Crippen molar-refractivity contribution < 1.29 is 14.6 Å². The van der Waals surface area contributed by atoms with Crippen molar-refractivity contribution in [3.63, 3.8) is 0 Å². The van der Waals surface area contributed by atoms with Gasteiger partial charge < -0.3 is 14.7 Å². The van der Waals surface area contributed by atoms with Gasteiger partial charge in [0.05, 0.1) is 11.5 Å². The predicted molar refractivity (Wildman–Crippen MR) is 93.1 cm³/mol. The number of hydrogen-bond acceptors (Lipinski definition) is 3. The van der Waals surface area contributed by atoms with E-state index in [1.807, 2.05) is 4.90 Å². The van der Waals surface area contributed by atoms with Gasteiger partial charge in [-0.1, -0.05) is 12.1 Å². The van der Waals surface area contributed by atoms with Crippen LogP contribution in [0.25, 0.3) is 0 Å². The Hall–Kier alpha value is -1.39. The van der Waals surface area contributed by atoms with Gasteiger partial charge in [-0.3, -0.25) is 4.79 Å². The molecule has 0 atom stereocenters. The smallest absolute Gasteiger partial charge is 0.233 e. The van der Waals surface area contributed by atoms with Gasteiger partial charge in [-0.05, 0) is 68.6 Å². The topological polar surface area (TPSA) is 49.8 Å². The molecular weight excluding hydrogens is 302 g/mol. The standard InChI is InChI=1S/C20H27NO3/c22-18-7-3-16(4-8-18)15-1-5-17(6-2-15)21-12-9-20(19(21)23)10-13-24-14-11-20/h1-2,5-6,16,18,22H,3-4,7-14H2. The minimum Gasteiger partial charge on any atom is -0.393 e. The molecule has 4 nitrogen and oxygen atoms in total. The van der Waals surface area contributed by atoms with Crippen molar-refractivity contribution in [1.82, 2.24) is 0 Å². The molecule has 1 aliphatic carbocycles. The highest BCUT2D eigenvalue weighted by atomic mass is 16.5. The van der Waals surface area contributed by atoms with Crippen molar-refractivity contribution in [3.05, 3.63) is 29.8 Å². The lowest BCUT2D eigenvalue weighted by molar-refractivity contribution is -0.130. The van der Waals surface area contributed by atoms with E-state index in [0.717, 1.165) is 57.2 Å². The normalized spacial score (nSPS) is 30.0. The number of nitrogens with zero attached hydrogens (tertiary/aromatic N) is 1. The molecule has 1 spiro atoms. The van der Waals surface area contributed by atoms with Gasteiger partial charge in [0.2, 0.25) is 5.91 Å². The molecule has 1 aromatic carbocycles. The van der Waals surface area contributed by atoms with E-state index in [0.29, 0.717) is 25.0 Å². The van der Waals surface area contributed by atoms with E-state index in [1.54, 1.807) is 0 Å². The molecule has 1 aromatic rings. The van der Waals surface area contributed by atoms with Crippen LogP contribution in [-0.2, 0) is 9.53 Å². The fraction of sp³-hybridized carbons (Fsp3) is 0.650. The fourth-order valence-electron chi connectivity index (χ4n) is 4.63. The summed E-state index contributed by atoms with van der Waals surface area (Å²) in [5.74, 6) is 0.845. The quantitative estimate of drug-likeness (QED) is 0.906. The van der Waals surface area contributed by atoms with E-state index in [1.165, 1.54) is 5.56 Å². The van der Waals surface area contributed by atoms with Gasteiger partial charge in [0.25, 0.3) is 0 Å². The zero-order valence-corrected chi connectivity index (χ0v) is 14.2. The SMILES string of the molecule is O=C1N(c2ccc(C3CCC(O)CC3)cc2)CCC12CCOCC2. The summed E-state index contributed by atoms with van der Waals surface area (Å²) in [5.41, 5.74) is 2.21. The number of carbonyl (C=O) groups is 1. The lowest BCUT2D eigenvalue weighted by atomic mass is 9.79. The number of carbonyl (C=O) groups excluding carboxylic acids is 1. The number of aliphatic hydroxyl groups excluding tert-OH is 1. The number of hydrogen-bond donors (Lipinski definition) is 1. The van der Waals surface area contributed by atoms with Crippen LogP contribution in [0.3, 0.4) is 0 Å². The van der Waals surface area contributed by atoms with Crippen LogP contribution in [0.2, 0.25) is 0 Å². The van der Waals surface area contributed by atoms with E-state index >= 15 is 0 Å². The highest BCUT2D eigenvalue weighted by molar-refractivity contribution is 5.99. The number of ether oxygens (including phenoxy) is 1. The zero-order chi connectivity index (χ0) is 16.6. The van der Waals surface area contributed by atoms with Crippen LogP contribution in [-0.4, -0.2) is 36.9 Å². The molecule has 4 rings (SSSR count). The summed E-state index contributed by atoms with van der Waals surface area (Å²) in [7, 11) is 0. The number of anilines is 1. The van der Waals surface area contributed by atoms with Gasteiger partial charge in [-0.15, -0.1) is 0 Å². The average molecular weight is 329 g/mol. The summed E-state index contributed by atoms with van der Waals surface area (Å²) >= 11 is 0. The van der Waals surface area contributed by atoms with Crippen molar-refractivity contribution in [1.29, 1.82) is 0 Å². The lowest BCUT2D eigenvalue weighted by Crippen LogP contribution is -2.38. The Bertz CT molecular complexity index is 583. The van der Waals surface area contributed by atoms with Crippen LogP contribution in [0, 0.1) is 5.41 Å². The van der Waals surface area contributed by atoms with Gasteiger partial charge in [-0.2, -0.15) is 0 Å². The molecule has 0 bridgehead atoms. The summed E-state index contributed by atoms with van der Waals surface area (Å²) in [6.45, 7) is 2.26. The second-order valence-electron chi connectivity index (χ2n) is 7.70. The molecule has 4 heteroatoms. The molecule has 1 N–H and O–H groups in total. The largest absolute Gasteiger partial charge is 0.393 e. The summed E-state index contributed by atoms with van der Waals surface area (Å²) < 4.78 is 5.45. The maximum atomic E-state index is 12.9. The monoisotopic (exact) mass is 329 g/mol. The van der Waals surface area contributed by atoms with E-state index in [9.17, 15) is 9.90 Å². The number of amides is 1. The van der Waals surface area contributed by atoms with Gasteiger partial charge in [0, 0.05) is 25.4 Å². The van der Waals surface area contributed by atoms with Crippen molar-refractivity contribution in [2.24, 2.45) is 5.41 Å². The summed E-state index contributed by atoms with van der Waals surface area (Å²) in [6.07, 6.45) is 6.51. The van der Waals surface area contributed by atoms with Crippen molar-refractivity contribution in [2.45, 2.75) is 57.0 Å². The molecule has 0 aromatic heterocycles. The summed E-state index contributed by atoms with van der Waals surface area (Å²) in [4.78, 5) is 14.9. The first-order chi connectivity index (χ1) is 11.7. The predicted octanol–water partition coefficient (Wildman–Crippen LogP) is 3.24. The van der Waals surface area contributed by atoms with Crippen LogP contribution in [0.5, 0.6) is 0 Å². The van der Waals surface area contributed by atoms with E-state index < -0.39 is 0 Å². The molecule has 0 radical (unpaired) electrons. The first kappa shape index (κ1) is 16.1. The van der Waals surface area contributed by atoms with Crippen LogP contribution < -0.4 is 4.90 Å². The minimum absolute atomic E-state index is 0.113. The van der Waals surface area contributed by atoms with Gasteiger partial charge in [0.15, 0.2) is 0 Å². The Kier molecular flexibility index (Phi) is 4.35. The number of benzene rings is 1. The highest BCUT2D eigenvalue weighted by Gasteiger charge is 2.47. The summed E-state index contributed by atoms with van der Waals surface area (Å²) in [5, 5.41) is 9.66. The van der Waals surface area contributed by atoms with Crippen molar-refractivity contribution >= 4 is 11.6 Å². The van der Waals surface area contributed by atoms with Crippen molar-refractivity contribution in [3.8, 4) is 0 Å². The number of rotatable bonds is 2. The average Bonchev–Trinajstić information content (AvgIpc) is 2.93. The zero-order valence-electron chi connectivity index (χ0n) is 14.2. The fourth-order valence-corrected chi connectivity index (χ4v) is 4.63. The Balaban J connectivity index is 1.46. The first-order valence-corrected chi connectivity index (χ1v) is 9.36. The third-order valence-corrected chi connectivity index (χ3v) is 6.34. The van der Waals surface area contributed by atoms with Crippen LogP contribution in [0.15, 0.2) is 24.3 Å². The molecular formula is C20H27NO3. The molecule has 1 amide bonds. The Morgan fingerprint density at radius 3 is 2.33 bits per heavy atom. The minimum atomic E-state index is -0.170. The second kappa shape index (κ2) is 6.49. The maximum absolute atomic E-state index is 12.9. The first-order valence-electron chi connectivity index (χ1n) is 9.36. The Morgan fingerprint density at radius 1 is 1.00 bits per heavy atom. The molecule has 1 saturated carbocycles. The second-order valence-corrected chi connectivity index (χ2v) is 7.70. The Morgan fingerprint density at radius 2 is 1.67 bits per heavy atom. The van der Waals surface area contributed by atoms with Gasteiger partial charge in [-0.25, -0.2) is 0 Å². The molecule has 2 heterocycles. The molecule has 130 valence electrons. The molecule has 2 aliphatic heterocycles. The van der Waals surface area contributed by atoms with Crippen LogP contribution >= 0.6 is 0 Å². The molecule has 24 heavy (non-hydrogen) atoms.